The average Bonchev–Trinajstić information content (AvgIpc) is 3.48. The van der Waals surface area contributed by atoms with Gasteiger partial charge in [-0.2, -0.15) is 14.9 Å². The predicted molar refractivity (Wildman–Crippen MR) is 146 cm³/mol. The van der Waals surface area contributed by atoms with Crippen LogP contribution >= 0.6 is 22.9 Å². The second-order valence-electron chi connectivity index (χ2n) is 8.06. The number of rotatable bonds is 7. The lowest BCUT2D eigenvalue weighted by atomic mass is 10.2. The zero-order valence-electron chi connectivity index (χ0n) is 20.1. The molecule has 12 heteroatoms. The first kappa shape index (κ1) is 25.1. The van der Waals surface area contributed by atoms with E-state index in [1.807, 2.05) is 65.4 Å². The molecule has 0 radical (unpaired) electrons. The Morgan fingerprint density at radius 2 is 1.82 bits per heavy atom. The second kappa shape index (κ2) is 11.2. The van der Waals surface area contributed by atoms with E-state index < -0.39 is 11.6 Å². The molecule has 5 rings (SSSR count). The Hall–Kier alpha value is -4.61. The van der Waals surface area contributed by atoms with Crippen LogP contribution in [0.25, 0.3) is 16.1 Å². The molecule has 3 aromatic heterocycles. The first-order chi connectivity index (χ1) is 18.5. The number of hydrogen-bond acceptors (Lipinski definition) is 7. The van der Waals surface area contributed by atoms with E-state index in [0.717, 1.165) is 31.0 Å². The third-order valence-electron chi connectivity index (χ3n) is 5.39. The smallest absolute Gasteiger partial charge is 0.291 e. The van der Waals surface area contributed by atoms with E-state index in [1.54, 1.807) is 31.5 Å². The number of nitrogens with one attached hydrogen (secondary N) is 1. The third-order valence-corrected chi connectivity index (χ3v) is 6.67. The van der Waals surface area contributed by atoms with E-state index in [0.29, 0.717) is 15.6 Å². The van der Waals surface area contributed by atoms with Crippen LogP contribution in [0.3, 0.4) is 0 Å². The van der Waals surface area contributed by atoms with Gasteiger partial charge in [0.15, 0.2) is 5.82 Å². The second-order valence-corrected chi connectivity index (χ2v) is 9.51. The van der Waals surface area contributed by atoms with Crippen LogP contribution in [0.2, 0.25) is 5.02 Å². The highest BCUT2D eigenvalue weighted by molar-refractivity contribution is 7.12. The van der Waals surface area contributed by atoms with Gasteiger partial charge in [0.05, 0.1) is 11.1 Å². The summed E-state index contributed by atoms with van der Waals surface area (Å²) in [6.07, 6.45) is 6.73. The molecule has 2 aromatic carbocycles. The highest BCUT2D eigenvalue weighted by atomic mass is 35.5. The van der Waals surface area contributed by atoms with Crippen molar-refractivity contribution >= 4 is 35.1 Å². The molecule has 0 saturated carbocycles. The molecule has 0 saturated heterocycles. The van der Waals surface area contributed by atoms with Gasteiger partial charge in [0, 0.05) is 29.3 Å². The van der Waals surface area contributed by atoms with Gasteiger partial charge in [-0.15, -0.1) is 5.10 Å². The maximum atomic E-state index is 12.8. The molecule has 1 N–H and O–H groups in total. The monoisotopic (exact) mass is 544 g/mol. The SMILES string of the molecule is Cc1nn(CC(=O)N/N=c2\sc(-c3ccc(Cl)cc3)cn2-c2ccccc2)c(=O)n1/N=C/c1ccncc1. The van der Waals surface area contributed by atoms with Crippen molar-refractivity contribution in [3.63, 3.8) is 0 Å². The number of halogens is 1. The summed E-state index contributed by atoms with van der Waals surface area (Å²) < 4.78 is 4.06. The summed E-state index contributed by atoms with van der Waals surface area (Å²) in [7, 11) is 0. The van der Waals surface area contributed by atoms with Crippen LogP contribution in [0.5, 0.6) is 0 Å². The van der Waals surface area contributed by atoms with Gasteiger partial charge in [0.25, 0.3) is 5.91 Å². The molecule has 5 aromatic rings. The lowest BCUT2D eigenvalue weighted by Gasteiger charge is -2.02. The summed E-state index contributed by atoms with van der Waals surface area (Å²) >= 11 is 7.44. The van der Waals surface area contributed by atoms with Gasteiger partial charge in [-0.05, 0) is 54.4 Å². The molecular formula is C26H21ClN8O2S. The number of hydrogen-bond donors (Lipinski definition) is 1. The van der Waals surface area contributed by atoms with E-state index in [4.69, 9.17) is 11.6 Å². The Morgan fingerprint density at radius 3 is 2.55 bits per heavy atom. The van der Waals surface area contributed by atoms with Crippen molar-refractivity contribution in [2.75, 3.05) is 0 Å². The van der Waals surface area contributed by atoms with Crippen molar-refractivity contribution in [2.24, 2.45) is 10.2 Å². The summed E-state index contributed by atoms with van der Waals surface area (Å²) in [4.78, 5) is 30.9. The van der Waals surface area contributed by atoms with Gasteiger partial charge in [-0.25, -0.2) is 14.9 Å². The number of aryl methyl sites for hydroxylation is 1. The van der Waals surface area contributed by atoms with Gasteiger partial charge in [0.2, 0.25) is 4.80 Å². The zero-order valence-corrected chi connectivity index (χ0v) is 21.7. The number of thiazole rings is 1. The first-order valence-corrected chi connectivity index (χ1v) is 12.6. The van der Waals surface area contributed by atoms with Crippen molar-refractivity contribution in [2.45, 2.75) is 13.5 Å². The van der Waals surface area contributed by atoms with Crippen LogP contribution in [0.4, 0.5) is 0 Å². The van der Waals surface area contributed by atoms with Crippen molar-refractivity contribution in [3.8, 4) is 16.1 Å². The van der Waals surface area contributed by atoms with Crippen molar-refractivity contribution in [1.82, 2.24) is 29.4 Å². The van der Waals surface area contributed by atoms with Crippen molar-refractivity contribution in [3.05, 3.63) is 117 Å². The molecular weight excluding hydrogens is 524 g/mol. The molecule has 0 unspecified atom stereocenters. The number of carbonyl (C=O) groups excluding carboxylic acids is 1. The van der Waals surface area contributed by atoms with Crippen LogP contribution in [-0.2, 0) is 11.3 Å². The number of para-hydroxylation sites is 1. The molecule has 190 valence electrons. The number of carbonyl (C=O) groups is 1. The molecule has 0 aliphatic rings. The summed E-state index contributed by atoms with van der Waals surface area (Å²) in [5.74, 6) is -0.159. The summed E-state index contributed by atoms with van der Waals surface area (Å²) in [6, 6.07) is 20.7. The van der Waals surface area contributed by atoms with Gasteiger partial charge < -0.3 is 0 Å². The quantitative estimate of drug-likeness (QED) is 0.250. The van der Waals surface area contributed by atoms with E-state index >= 15 is 0 Å². The first-order valence-electron chi connectivity index (χ1n) is 11.5. The van der Waals surface area contributed by atoms with E-state index in [1.165, 1.54) is 17.6 Å². The Bertz CT molecular complexity index is 1720. The Labute approximate surface area is 225 Å². The number of amides is 1. The van der Waals surface area contributed by atoms with E-state index in [-0.39, 0.29) is 6.54 Å². The Morgan fingerprint density at radius 1 is 1.08 bits per heavy atom. The standard InChI is InChI=1S/C26H21ClN8O2S/c1-18-32-34(26(37)35(18)29-15-19-11-13-28-14-12-19)17-24(36)30-31-25-33(22-5-3-2-4-6-22)16-23(38-25)20-7-9-21(27)10-8-20/h2-16H,17H2,1H3,(H,30,36)/b29-15+,31-25-. The molecule has 38 heavy (non-hydrogen) atoms. The fourth-order valence-electron chi connectivity index (χ4n) is 3.54. The highest BCUT2D eigenvalue weighted by Gasteiger charge is 2.13. The summed E-state index contributed by atoms with van der Waals surface area (Å²) in [6.45, 7) is 1.32. The minimum Gasteiger partial charge on any atom is -0.291 e. The number of benzene rings is 2. The Kier molecular flexibility index (Phi) is 7.38. The fourth-order valence-corrected chi connectivity index (χ4v) is 4.63. The van der Waals surface area contributed by atoms with Gasteiger partial charge in [-0.3, -0.25) is 14.3 Å². The minimum absolute atomic E-state index is 0.318. The van der Waals surface area contributed by atoms with Crippen LogP contribution in [-0.4, -0.2) is 36.1 Å². The molecule has 3 heterocycles. The highest BCUT2D eigenvalue weighted by Crippen LogP contribution is 2.25. The Balaban J connectivity index is 1.38. The lowest BCUT2D eigenvalue weighted by Crippen LogP contribution is -2.32. The maximum absolute atomic E-state index is 12.8. The van der Waals surface area contributed by atoms with Gasteiger partial charge >= 0.3 is 5.69 Å². The minimum atomic E-state index is -0.538. The largest absolute Gasteiger partial charge is 0.367 e. The zero-order chi connectivity index (χ0) is 26.5. The molecule has 0 bridgehead atoms. The predicted octanol–water partition coefficient (Wildman–Crippen LogP) is 3.44. The van der Waals surface area contributed by atoms with Crippen LogP contribution < -0.4 is 15.9 Å². The van der Waals surface area contributed by atoms with Crippen LogP contribution in [0, 0.1) is 6.92 Å². The van der Waals surface area contributed by atoms with E-state index in [9.17, 15) is 9.59 Å². The summed E-state index contributed by atoms with van der Waals surface area (Å²) in [5, 5.41) is 13.3. The van der Waals surface area contributed by atoms with Crippen molar-refractivity contribution < 1.29 is 4.79 Å². The number of aromatic nitrogens is 5. The van der Waals surface area contributed by atoms with E-state index in [2.05, 4.69) is 25.7 Å². The number of nitrogens with zero attached hydrogens (tertiary/aromatic N) is 7. The maximum Gasteiger partial charge on any atom is 0.367 e. The lowest BCUT2D eigenvalue weighted by molar-refractivity contribution is -0.121. The average molecular weight is 545 g/mol. The molecule has 10 nitrogen and oxygen atoms in total. The molecule has 0 spiro atoms. The normalized spacial score (nSPS) is 11.8. The molecule has 0 atom stereocenters. The fraction of sp³-hybridized carbons (Fsp3) is 0.0769. The van der Waals surface area contributed by atoms with Gasteiger partial charge in [0.1, 0.15) is 6.54 Å². The topological polar surface area (TPSA) is 111 Å². The number of pyridine rings is 1. The third kappa shape index (κ3) is 5.69. The molecule has 0 fully saturated rings. The summed E-state index contributed by atoms with van der Waals surface area (Å²) in [5.41, 5.74) is 4.63. The van der Waals surface area contributed by atoms with Crippen LogP contribution in [0.15, 0.2) is 100 Å². The van der Waals surface area contributed by atoms with Crippen LogP contribution in [0.1, 0.15) is 11.4 Å². The molecule has 0 aliphatic heterocycles. The van der Waals surface area contributed by atoms with Gasteiger partial charge in [-0.1, -0.05) is 53.3 Å². The molecule has 0 aliphatic carbocycles. The molecule has 1 amide bonds. The van der Waals surface area contributed by atoms with Crippen molar-refractivity contribution in [1.29, 1.82) is 0 Å².